The van der Waals surface area contributed by atoms with E-state index in [2.05, 4.69) is 4.37 Å². The van der Waals surface area contributed by atoms with Crippen LogP contribution in [0.2, 0.25) is 5.02 Å². The molecule has 0 amide bonds. The van der Waals surface area contributed by atoms with Crippen molar-refractivity contribution in [2.75, 3.05) is 5.88 Å². The Bertz CT molecular complexity index is 509. The Morgan fingerprint density at radius 1 is 1.35 bits per heavy atom. The molecule has 1 unspecified atom stereocenters. The van der Waals surface area contributed by atoms with Gasteiger partial charge >= 0.3 is 0 Å². The average Bonchev–Trinajstić information content (AvgIpc) is 2.81. The summed E-state index contributed by atoms with van der Waals surface area (Å²) in [4.78, 5) is 11.7. The number of hydrogen-bond donors (Lipinski definition) is 0. The molecule has 2 aromatic rings. The van der Waals surface area contributed by atoms with Crippen molar-refractivity contribution in [1.82, 2.24) is 4.37 Å². The standard InChI is InChI=1S/C12H9Cl2NOS/c13-6-9(7-16)12-5-11(15-17-12)8-1-3-10(14)4-2-8/h1-5,7,9H,6H2. The normalized spacial score (nSPS) is 12.4. The first-order valence-corrected chi connectivity index (χ1v) is 6.67. The molecule has 88 valence electrons. The zero-order chi connectivity index (χ0) is 12.3. The van der Waals surface area contributed by atoms with Gasteiger partial charge in [0.05, 0.1) is 11.6 Å². The Hall–Kier alpha value is -0.900. The van der Waals surface area contributed by atoms with E-state index in [0.29, 0.717) is 5.02 Å². The largest absolute Gasteiger partial charge is 0.303 e. The number of halogens is 2. The number of aldehydes is 1. The molecule has 1 heterocycles. The van der Waals surface area contributed by atoms with Crippen molar-refractivity contribution >= 4 is 41.0 Å². The molecule has 0 aliphatic carbocycles. The van der Waals surface area contributed by atoms with E-state index in [4.69, 9.17) is 23.2 Å². The van der Waals surface area contributed by atoms with Gasteiger partial charge in [0.2, 0.25) is 0 Å². The lowest BCUT2D eigenvalue weighted by molar-refractivity contribution is -0.108. The number of carbonyl (C=O) groups is 1. The molecular weight excluding hydrogens is 277 g/mol. The van der Waals surface area contributed by atoms with Crippen LogP contribution in [0.1, 0.15) is 10.8 Å². The second-order valence-corrected chi connectivity index (χ2v) is 5.10. The lowest BCUT2D eigenvalue weighted by atomic mass is 10.1. The van der Waals surface area contributed by atoms with Gasteiger partial charge in [-0.15, -0.1) is 11.6 Å². The first-order chi connectivity index (χ1) is 8.24. The molecule has 2 nitrogen and oxygen atoms in total. The molecule has 5 heteroatoms. The van der Waals surface area contributed by atoms with Crippen molar-refractivity contribution in [3.05, 3.63) is 40.2 Å². The third-order valence-corrected chi connectivity index (χ3v) is 3.87. The summed E-state index contributed by atoms with van der Waals surface area (Å²) in [6.07, 6.45) is 0.853. The van der Waals surface area contributed by atoms with E-state index in [-0.39, 0.29) is 11.8 Å². The molecule has 0 spiro atoms. The monoisotopic (exact) mass is 285 g/mol. The summed E-state index contributed by atoms with van der Waals surface area (Å²) in [6.45, 7) is 0. The summed E-state index contributed by atoms with van der Waals surface area (Å²) in [6, 6.07) is 9.33. The molecule has 0 N–H and O–H groups in total. The first-order valence-electron chi connectivity index (χ1n) is 4.98. The third-order valence-electron chi connectivity index (χ3n) is 2.36. The number of benzene rings is 1. The van der Waals surface area contributed by atoms with Crippen molar-refractivity contribution in [1.29, 1.82) is 0 Å². The van der Waals surface area contributed by atoms with Crippen LogP contribution in [0.25, 0.3) is 11.3 Å². The fourth-order valence-corrected chi connectivity index (χ4v) is 2.66. The Labute approximate surface area is 113 Å². The number of carbonyl (C=O) groups excluding carboxylic acids is 1. The van der Waals surface area contributed by atoms with Crippen LogP contribution in [0.15, 0.2) is 30.3 Å². The van der Waals surface area contributed by atoms with Gasteiger partial charge in [-0.3, -0.25) is 0 Å². The van der Waals surface area contributed by atoms with E-state index in [1.165, 1.54) is 11.5 Å². The molecule has 0 aliphatic heterocycles. The SMILES string of the molecule is O=CC(CCl)c1cc(-c2ccc(Cl)cc2)ns1. The van der Waals surface area contributed by atoms with Crippen LogP contribution in [0.5, 0.6) is 0 Å². The maximum absolute atomic E-state index is 10.8. The summed E-state index contributed by atoms with van der Waals surface area (Å²) in [5.74, 6) is 0.0152. The van der Waals surface area contributed by atoms with E-state index in [1.54, 1.807) is 0 Å². The van der Waals surface area contributed by atoms with Crippen LogP contribution >= 0.6 is 34.7 Å². The summed E-state index contributed by atoms with van der Waals surface area (Å²) in [7, 11) is 0. The highest BCUT2D eigenvalue weighted by molar-refractivity contribution is 7.06. The number of nitrogens with zero attached hydrogens (tertiary/aromatic N) is 1. The van der Waals surface area contributed by atoms with Crippen molar-refractivity contribution in [2.24, 2.45) is 0 Å². The molecule has 1 aromatic carbocycles. The molecule has 1 atom stereocenters. The molecule has 0 aliphatic rings. The quantitative estimate of drug-likeness (QED) is 0.628. The highest BCUT2D eigenvalue weighted by Crippen LogP contribution is 2.27. The van der Waals surface area contributed by atoms with Crippen molar-refractivity contribution in [3.8, 4) is 11.3 Å². The van der Waals surface area contributed by atoms with Crippen molar-refractivity contribution < 1.29 is 4.79 Å². The van der Waals surface area contributed by atoms with Crippen molar-refractivity contribution in [2.45, 2.75) is 5.92 Å². The van der Waals surface area contributed by atoms with E-state index in [0.717, 1.165) is 22.4 Å². The second kappa shape index (κ2) is 5.63. The average molecular weight is 286 g/mol. The molecule has 0 fully saturated rings. The molecule has 1 aromatic heterocycles. The lowest BCUT2D eigenvalue weighted by Crippen LogP contribution is -1.98. The van der Waals surface area contributed by atoms with Gasteiger partial charge in [0, 0.05) is 21.3 Å². The van der Waals surface area contributed by atoms with Crippen LogP contribution in [0.3, 0.4) is 0 Å². The summed E-state index contributed by atoms with van der Waals surface area (Å²) in [5, 5.41) is 0.690. The second-order valence-electron chi connectivity index (χ2n) is 3.52. The van der Waals surface area contributed by atoms with Crippen LogP contribution in [0, 0.1) is 0 Å². The summed E-state index contributed by atoms with van der Waals surface area (Å²) in [5.41, 5.74) is 1.83. The van der Waals surface area contributed by atoms with Gasteiger partial charge in [-0.25, -0.2) is 0 Å². The molecule has 17 heavy (non-hydrogen) atoms. The summed E-state index contributed by atoms with van der Waals surface area (Å²) < 4.78 is 4.31. The van der Waals surface area contributed by atoms with E-state index in [9.17, 15) is 4.79 Å². The fourth-order valence-electron chi connectivity index (χ4n) is 1.40. The maximum Gasteiger partial charge on any atom is 0.129 e. The maximum atomic E-state index is 10.8. The van der Waals surface area contributed by atoms with Gasteiger partial charge in [0.1, 0.15) is 6.29 Å². The van der Waals surface area contributed by atoms with E-state index < -0.39 is 0 Å². The Balaban J connectivity index is 2.29. The number of alkyl halides is 1. The summed E-state index contributed by atoms with van der Waals surface area (Å²) >= 11 is 12.8. The minimum Gasteiger partial charge on any atom is -0.303 e. The van der Waals surface area contributed by atoms with Crippen LogP contribution in [-0.4, -0.2) is 16.5 Å². The number of hydrogen-bond acceptors (Lipinski definition) is 3. The Kier molecular flexibility index (Phi) is 4.15. The van der Waals surface area contributed by atoms with E-state index in [1.807, 2.05) is 30.3 Å². The highest BCUT2D eigenvalue weighted by atomic mass is 35.5. The van der Waals surface area contributed by atoms with Crippen LogP contribution in [0.4, 0.5) is 0 Å². The zero-order valence-corrected chi connectivity index (χ0v) is 11.1. The van der Waals surface area contributed by atoms with Gasteiger partial charge in [-0.1, -0.05) is 23.7 Å². The minimum atomic E-state index is -0.268. The van der Waals surface area contributed by atoms with Gasteiger partial charge < -0.3 is 4.79 Å². The predicted octanol–water partition coefficient (Wildman–Crippen LogP) is 3.98. The van der Waals surface area contributed by atoms with Gasteiger partial charge in [-0.2, -0.15) is 4.37 Å². The lowest BCUT2D eigenvalue weighted by Gasteiger charge is -1.99. The predicted molar refractivity (Wildman–Crippen MR) is 72.1 cm³/mol. The minimum absolute atomic E-state index is 0.268. The van der Waals surface area contributed by atoms with Gasteiger partial charge in [0.15, 0.2) is 0 Å². The molecule has 0 radical (unpaired) electrons. The topological polar surface area (TPSA) is 30.0 Å². The van der Waals surface area contributed by atoms with Gasteiger partial charge in [-0.05, 0) is 29.7 Å². The van der Waals surface area contributed by atoms with Gasteiger partial charge in [0.25, 0.3) is 0 Å². The zero-order valence-electron chi connectivity index (χ0n) is 8.77. The number of rotatable bonds is 4. The Morgan fingerprint density at radius 3 is 2.65 bits per heavy atom. The number of aromatic nitrogens is 1. The molecule has 0 bridgehead atoms. The third kappa shape index (κ3) is 2.86. The van der Waals surface area contributed by atoms with Crippen LogP contribution in [-0.2, 0) is 4.79 Å². The van der Waals surface area contributed by atoms with E-state index >= 15 is 0 Å². The molecule has 2 rings (SSSR count). The highest BCUT2D eigenvalue weighted by Gasteiger charge is 2.13. The van der Waals surface area contributed by atoms with Crippen LogP contribution < -0.4 is 0 Å². The fraction of sp³-hybridized carbons (Fsp3) is 0.167. The molecular formula is C12H9Cl2NOS. The smallest absolute Gasteiger partial charge is 0.129 e. The Morgan fingerprint density at radius 2 is 2.06 bits per heavy atom. The molecule has 0 saturated heterocycles. The first kappa shape index (κ1) is 12.6. The molecule has 0 saturated carbocycles. The van der Waals surface area contributed by atoms with Crippen molar-refractivity contribution in [3.63, 3.8) is 0 Å².